The molecule has 26 heavy (non-hydrogen) atoms. The number of nitrogens with two attached hydrogens (primary N) is 1. The van der Waals surface area contributed by atoms with Crippen molar-refractivity contribution >= 4 is 28.4 Å². The molecule has 0 spiro atoms. The number of carbonyl (C=O) groups is 1. The molecular weight excluding hydrogens is 362 g/mol. The third-order valence-corrected chi connectivity index (χ3v) is 4.47. The molecule has 0 aliphatic carbocycles. The second-order valence-corrected chi connectivity index (χ2v) is 6.91. The summed E-state index contributed by atoms with van der Waals surface area (Å²) in [6, 6.07) is 5.25. The number of aliphatic imine (C=N–C) groups is 1. The zero-order chi connectivity index (χ0) is 19.3. The smallest absolute Gasteiger partial charge is 0.279 e. The molecule has 1 unspecified atom stereocenters. The molecule has 0 aromatic heterocycles. The van der Waals surface area contributed by atoms with Gasteiger partial charge in [-0.15, -0.1) is 0 Å². The van der Waals surface area contributed by atoms with E-state index in [1.807, 2.05) is 6.92 Å². The molecule has 1 aliphatic rings. The summed E-state index contributed by atoms with van der Waals surface area (Å²) >= 11 is 0. The Hall–Kier alpha value is -2.55. The monoisotopic (exact) mass is 382 g/mol. The van der Waals surface area contributed by atoms with E-state index in [0.717, 1.165) is 5.41 Å². The fourth-order valence-electron chi connectivity index (χ4n) is 2.51. The highest BCUT2D eigenvalue weighted by Crippen LogP contribution is 2.23. The molecule has 9 heteroatoms. The van der Waals surface area contributed by atoms with Gasteiger partial charge in [-0.05, 0) is 31.2 Å². The van der Waals surface area contributed by atoms with E-state index in [-0.39, 0.29) is 24.1 Å². The fraction of sp³-hybridized carbons (Fsp3) is 0.294. The molecule has 3 N–H and O–H groups in total. The number of carbonyl (C=O) groups excluding carboxylic acids is 1. The van der Waals surface area contributed by atoms with E-state index < -0.39 is 28.9 Å². The van der Waals surface area contributed by atoms with E-state index >= 15 is 0 Å². The molecule has 1 aromatic carbocycles. The molecule has 2 rings (SSSR count). The SMILES string of the molecule is C=CS(=O)NC(=O)/C(N)=C/C(=Nc1ccc(F)cc1)N1C[C@H](F)C[C@H]1C. The van der Waals surface area contributed by atoms with Crippen LogP contribution in [-0.2, 0) is 15.8 Å². The summed E-state index contributed by atoms with van der Waals surface area (Å²) in [7, 11) is -1.76. The van der Waals surface area contributed by atoms with Crippen molar-refractivity contribution in [1.29, 1.82) is 0 Å². The molecule has 6 nitrogen and oxygen atoms in total. The number of hydrogen-bond donors (Lipinski definition) is 2. The van der Waals surface area contributed by atoms with E-state index in [9.17, 15) is 17.8 Å². The van der Waals surface area contributed by atoms with Crippen molar-refractivity contribution in [2.45, 2.75) is 25.6 Å². The lowest BCUT2D eigenvalue weighted by Crippen LogP contribution is -2.35. The van der Waals surface area contributed by atoms with Crippen molar-refractivity contribution in [3.05, 3.63) is 53.8 Å². The van der Waals surface area contributed by atoms with Crippen molar-refractivity contribution in [1.82, 2.24) is 9.62 Å². The van der Waals surface area contributed by atoms with Crippen LogP contribution in [0.2, 0.25) is 0 Å². The number of amidine groups is 1. The van der Waals surface area contributed by atoms with Crippen molar-refractivity contribution in [2.75, 3.05) is 6.54 Å². The number of nitrogens with zero attached hydrogens (tertiary/aromatic N) is 2. The Morgan fingerprint density at radius 3 is 2.65 bits per heavy atom. The summed E-state index contributed by atoms with van der Waals surface area (Å²) in [4.78, 5) is 18.0. The molecule has 1 amide bonds. The fourth-order valence-corrected chi connectivity index (χ4v) is 2.89. The van der Waals surface area contributed by atoms with Gasteiger partial charge >= 0.3 is 0 Å². The molecule has 1 aromatic rings. The van der Waals surface area contributed by atoms with Gasteiger partial charge in [0, 0.05) is 23.9 Å². The summed E-state index contributed by atoms with van der Waals surface area (Å²) in [5, 5.41) is 1.05. The average molecular weight is 382 g/mol. The lowest BCUT2D eigenvalue weighted by molar-refractivity contribution is -0.115. The topological polar surface area (TPSA) is 87.8 Å². The molecule has 3 atom stereocenters. The van der Waals surface area contributed by atoms with E-state index in [1.54, 1.807) is 4.90 Å². The lowest BCUT2D eigenvalue weighted by Gasteiger charge is -2.23. The number of benzene rings is 1. The number of rotatable bonds is 5. The number of amides is 1. The third-order valence-electron chi connectivity index (χ3n) is 3.78. The average Bonchev–Trinajstić information content (AvgIpc) is 2.94. The minimum Gasteiger partial charge on any atom is -0.394 e. The van der Waals surface area contributed by atoms with Crippen LogP contribution in [0.15, 0.2) is 53.0 Å². The highest BCUT2D eigenvalue weighted by Gasteiger charge is 2.31. The standard InChI is InChI=1S/C17H20F2N4O2S/c1-3-26(25)22-17(24)15(20)9-16(23-10-13(19)8-11(23)2)21-14-6-4-12(18)5-7-14/h3-7,9,11,13H,1,8,10,20H2,2H3,(H,22,24)/b15-9-,21-16?/t11-,13-,26?/m1/s1. The molecule has 1 heterocycles. The molecule has 0 radical (unpaired) electrons. The Morgan fingerprint density at radius 1 is 1.46 bits per heavy atom. The largest absolute Gasteiger partial charge is 0.394 e. The molecule has 0 saturated carbocycles. The maximum absolute atomic E-state index is 13.8. The van der Waals surface area contributed by atoms with Crippen LogP contribution in [0, 0.1) is 5.82 Å². The minimum atomic E-state index is -1.76. The van der Waals surface area contributed by atoms with Gasteiger partial charge in [-0.3, -0.25) is 9.52 Å². The first kappa shape index (κ1) is 19.8. The van der Waals surface area contributed by atoms with Gasteiger partial charge in [0.1, 0.15) is 34.5 Å². The Bertz CT molecular complexity index is 765. The normalized spacial score (nSPS) is 22.2. The van der Waals surface area contributed by atoms with Crippen molar-refractivity contribution < 1.29 is 17.8 Å². The third kappa shape index (κ3) is 5.22. The number of hydrogen-bond acceptors (Lipinski definition) is 4. The van der Waals surface area contributed by atoms with Gasteiger partial charge in [-0.1, -0.05) is 6.58 Å². The van der Waals surface area contributed by atoms with E-state index in [1.165, 1.54) is 30.3 Å². The number of halogens is 2. The maximum atomic E-state index is 13.8. The quantitative estimate of drug-likeness (QED) is 0.464. The van der Waals surface area contributed by atoms with Gasteiger partial charge in [-0.2, -0.15) is 0 Å². The van der Waals surface area contributed by atoms with E-state index in [2.05, 4.69) is 16.3 Å². The maximum Gasteiger partial charge on any atom is 0.279 e. The Kier molecular flexibility index (Phi) is 6.62. The van der Waals surface area contributed by atoms with Crippen LogP contribution in [0.25, 0.3) is 0 Å². The molecule has 1 saturated heterocycles. The van der Waals surface area contributed by atoms with Crippen LogP contribution in [0.3, 0.4) is 0 Å². The molecule has 1 aliphatic heterocycles. The van der Waals surface area contributed by atoms with Crippen LogP contribution >= 0.6 is 0 Å². The first-order chi connectivity index (χ1) is 12.3. The van der Waals surface area contributed by atoms with Gasteiger partial charge < -0.3 is 10.6 Å². The zero-order valence-corrected chi connectivity index (χ0v) is 15.0. The second-order valence-electron chi connectivity index (χ2n) is 5.78. The van der Waals surface area contributed by atoms with Gasteiger partial charge in [0.15, 0.2) is 0 Å². The lowest BCUT2D eigenvalue weighted by atomic mass is 10.2. The highest BCUT2D eigenvalue weighted by atomic mass is 32.2. The van der Waals surface area contributed by atoms with Crippen molar-refractivity contribution in [2.24, 2.45) is 10.7 Å². The van der Waals surface area contributed by atoms with Crippen LogP contribution in [-0.4, -0.2) is 39.6 Å². The predicted octanol–water partition coefficient (Wildman–Crippen LogP) is 2.05. The van der Waals surface area contributed by atoms with Gasteiger partial charge in [0.25, 0.3) is 5.91 Å². The Morgan fingerprint density at radius 2 is 2.12 bits per heavy atom. The minimum absolute atomic E-state index is 0.102. The van der Waals surface area contributed by atoms with Gasteiger partial charge in [-0.25, -0.2) is 18.0 Å². The predicted molar refractivity (Wildman–Crippen MR) is 97.9 cm³/mol. The van der Waals surface area contributed by atoms with Crippen LogP contribution in [0.4, 0.5) is 14.5 Å². The summed E-state index contributed by atoms with van der Waals surface area (Å²) < 4.78 is 40.3. The van der Waals surface area contributed by atoms with Crippen molar-refractivity contribution in [3.63, 3.8) is 0 Å². The first-order valence-electron chi connectivity index (χ1n) is 7.86. The second kappa shape index (κ2) is 8.70. The van der Waals surface area contributed by atoms with Crippen LogP contribution in [0.1, 0.15) is 13.3 Å². The Labute approximate surface area is 153 Å². The van der Waals surface area contributed by atoms with Gasteiger partial charge in [0.2, 0.25) is 0 Å². The summed E-state index contributed by atoms with van der Waals surface area (Å²) in [5.41, 5.74) is 5.95. The number of nitrogens with one attached hydrogen (secondary N) is 1. The number of alkyl halides is 1. The van der Waals surface area contributed by atoms with Gasteiger partial charge in [0.05, 0.1) is 12.2 Å². The van der Waals surface area contributed by atoms with E-state index in [0.29, 0.717) is 12.1 Å². The van der Waals surface area contributed by atoms with Crippen molar-refractivity contribution in [3.8, 4) is 0 Å². The summed E-state index contributed by atoms with van der Waals surface area (Å²) in [6.07, 6.45) is 0.580. The molecule has 0 bridgehead atoms. The summed E-state index contributed by atoms with van der Waals surface area (Å²) in [5.74, 6) is -0.912. The first-order valence-corrected chi connectivity index (χ1v) is 9.07. The molecule has 140 valence electrons. The zero-order valence-electron chi connectivity index (χ0n) is 14.2. The van der Waals surface area contributed by atoms with Crippen LogP contribution < -0.4 is 10.5 Å². The van der Waals surface area contributed by atoms with E-state index in [4.69, 9.17) is 5.73 Å². The highest BCUT2D eigenvalue weighted by molar-refractivity contribution is 7.86. The Balaban J connectivity index is 2.35. The molecule has 1 fully saturated rings. The number of likely N-dealkylation sites (tertiary alicyclic amines) is 1. The molecular formula is C17H20F2N4O2S. The van der Waals surface area contributed by atoms with Crippen LogP contribution in [0.5, 0.6) is 0 Å². The summed E-state index contributed by atoms with van der Waals surface area (Å²) in [6.45, 7) is 5.23.